The summed E-state index contributed by atoms with van der Waals surface area (Å²) in [6.45, 7) is 1.18. The van der Waals surface area contributed by atoms with E-state index in [0.717, 1.165) is 17.6 Å². The van der Waals surface area contributed by atoms with Gasteiger partial charge in [0.15, 0.2) is 16.4 Å². The molecule has 1 heterocycles. The molecule has 0 spiro atoms. The summed E-state index contributed by atoms with van der Waals surface area (Å²) >= 11 is 0. The molecule has 0 saturated heterocycles. The predicted octanol–water partition coefficient (Wildman–Crippen LogP) is 0.993. The summed E-state index contributed by atoms with van der Waals surface area (Å²) < 4.78 is 32.9. The molecule has 1 amide bonds. The van der Waals surface area contributed by atoms with Crippen molar-refractivity contribution in [3.05, 3.63) is 54.0 Å². The number of ether oxygens (including phenoxy) is 2. The third-order valence-corrected chi connectivity index (χ3v) is 4.90. The van der Waals surface area contributed by atoms with Crippen molar-refractivity contribution in [3.63, 3.8) is 0 Å². The first-order valence-electron chi connectivity index (χ1n) is 8.12. The van der Waals surface area contributed by atoms with Crippen molar-refractivity contribution in [1.29, 1.82) is 0 Å². The highest BCUT2D eigenvalue weighted by atomic mass is 32.2. The van der Waals surface area contributed by atoms with Crippen LogP contribution in [0.4, 0.5) is 5.69 Å². The Kier molecular flexibility index (Phi) is 6.89. The van der Waals surface area contributed by atoms with Crippen molar-refractivity contribution in [2.24, 2.45) is 0 Å². The lowest BCUT2D eigenvalue weighted by atomic mass is 10.2. The monoisotopic (exact) mass is 393 g/mol. The van der Waals surface area contributed by atoms with Crippen molar-refractivity contribution in [1.82, 2.24) is 0 Å². The normalized spacial score (nSPS) is 17.6. The summed E-state index contributed by atoms with van der Waals surface area (Å²) in [4.78, 5) is 36.7. The van der Waals surface area contributed by atoms with Crippen LogP contribution in [-0.4, -0.2) is 51.3 Å². The Bertz CT molecular complexity index is 859. The number of hydrogen-bond donors (Lipinski definition) is 0. The molecule has 0 unspecified atom stereocenters. The molecule has 0 aromatic heterocycles. The maximum atomic E-state index is 12.6. The molecule has 0 bridgehead atoms. The SMILES string of the molecule is CCOC(=O)/C=C/C(=O)OCC(=O)N(c1ccccc1)[C@@H]1C=CS(=O)(=O)C1. The summed E-state index contributed by atoms with van der Waals surface area (Å²) in [5.74, 6) is -2.43. The number of benzene rings is 1. The first kappa shape index (κ1) is 20.4. The minimum Gasteiger partial charge on any atom is -0.463 e. The number of amides is 1. The van der Waals surface area contributed by atoms with E-state index in [1.807, 2.05) is 0 Å². The van der Waals surface area contributed by atoms with E-state index >= 15 is 0 Å². The number of sulfone groups is 1. The second-order valence-corrected chi connectivity index (χ2v) is 7.45. The standard InChI is InChI=1S/C18H19NO7S/c1-2-25-17(21)8-9-18(22)26-12-16(20)19(14-6-4-3-5-7-14)15-10-11-27(23,24)13-15/h3-11,15H,2,12-13H2,1H3/b9-8+/t15-/m1/s1. The smallest absolute Gasteiger partial charge is 0.331 e. The molecule has 1 aliphatic rings. The van der Waals surface area contributed by atoms with Gasteiger partial charge in [0.25, 0.3) is 5.91 Å². The van der Waals surface area contributed by atoms with Crippen molar-refractivity contribution >= 4 is 33.4 Å². The lowest BCUT2D eigenvalue weighted by molar-refractivity contribution is -0.143. The fourth-order valence-electron chi connectivity index (χ4n) is 2.41. The fraction of sp³-hybridized carbons (Fsp3) is 0.278. The molecule has 27 heavy (non-hydrogen) atoms. The van der Waals surface area contributed by atoms with E-state index in [4.69, 9.17) is 4.74 Å². The van der Waals surface area contributed by atoms with Crippen molar-refractivity contribution in [2.45, 2.75) is 13.0 Å². The number of para-hydroxylation sites is 1. The van der Waals surface area contributed by atoms with Gasteiger partial charge in [0.1, 0.15) is 0 Å². The molecule has 0 fully saturated rings. The van der Waals surface area contributed by atoms with Gasteiger partial charge < -0.3 is 14.4 Å². The second-order valence-electron chi connectivity index (χ2n) is 5.52. The molecular weight excluding hydrogens is 374 g/mol. The van der Waals surface area contributed by atoms with Gasteiger partial charge in [-0.05, 0) is 25.1 Å². The Morgan fingerprint density at radius 2 is 1.74 bits per heavy atom. The van der Waals surface area contributed by atoms with Gasteiger partial charge in [0.05, 0.1) is 18.4 Å². The molecule has 0 saturated carbocycles. The van der Waals surface area contributed by atoms with Gasteiger partial charge in [-0.15, -0.1) is 0 Å². The molecule has 0 radical (unpaired) electrons. The first-order chi connectivity index (χ1) is 12.8. The lowest BCUT2D eigenvalue weighted by Gasteiger charge is -2.27. The van der Waals surface area contributed by atoms with Gasteiger partial charge in [0.2, 0.25) is 0 Å². The van der Waals surface area contributed by atoms with Crippen LogP contribution in [0.15, 0.2) is 54.0 Å². The van der Waals surface area contributed by atoms with Gasteiger partial charge in [-0.3, -0.25) is 4.79 Å². The number of esters is 2. The van der Waals surface area contributed by atoms with Crippen LogP contribution >= 0.6 is 0 Å². The van der Waals surface area contributed by atoms with Crippen LogP contribution in [0.1, 0.15) is 6.92 Å². The van der Waals surface area contributed by atoms with E-state index in [2.05, 4.69) is 4.74 Å². The average Bonchev–Trinajstić information content (AvgIpc) is 2.99. The molecule has 144 valence electrons. The highest BCUT2D eigenvalue weighted by Crippen LogP contribution is 2.22. The van der Waals surface area contributed by atoms with E-state index in [0.29, 0.717) is 5.69 Å². The van der Waals surface area contributed by atoms with Crippen LogP contribution in [0.25, 0.3) is 0 Å². The maximum Gasteiger partial charge on any atom is 0.331 e. The zero-order valence-corrected chi connectivity index (χ0v) is 15.4. The van der Waals surface area contributed by atoms with Gasteiger partial charge in [-0.25, -0.2) is 18.0 Å². The molecule has 1 atom stereocenters. The highest BCUT2D eigenvalue weighted by molar-refractivity contribution is 7.94. The minimum atomic E-state index is -3.38. The van der Waals surface area contributed by atoms with Gasteiger partial charge >= 0.3 is 11.9 Å². The Balaban J connectivity index is 2.06. The molecule has 2 rings (SSSR count). The molecule has 0 N–H and O–H groups in total. The number of rotatable bonds is 7. The Morgan fingerprint density at radius 1 is 1.11 bits per heavy atom. The summed E-state index contributed by atoms with van der Waals surface area (Å²) in [5.41, 5.74) is 0.479. The Morgan fingerprint density at radius 3 is 2.30 bits per heavy atom. The summed E-state index contributed by atoms with van der Waals surface area (Å²) in [5, 5.41) is 1.06. The zero-order valence-electron chi connectivity index (χ0n) is 14.6. The maximum absolute atomic E-state index is 12.6. The van der Waals surface area contributed by atoms with Gasteiger partial charge in [-0.2, -0.15) is 0 Å². The van der Waals surface area contributed by atoms with E-state index in [9.17, 15) is 22.8 Å². The van der Waals surface area contributed by atoms with Crippen molar-refractivity contribution in [3.8, 4) is 0 Å². The number of carbonyl (C=O) groups is 3. The van der Waals surface area contributed by atoms with Crippen LogP contribution in [0, 0.1) is 0 Å². The summed E-state index contributed by atoms with van der Waals surface area (Å²) in [6, 6.07) is 7.78. The van der Waals surface area contributed by atoms with Crippen molar-refractivity contribution in [2.75, 3.05) is 23.9 Å². The summed E-state index contributed by atoms with van der Waals surface area (Å²) in [6.07, 6.45) is 3.18. The van der Waals surface area contributed by atoms with Crippen LogP contribution in [0.2, 0.25) is 0 Å². The predicted molar refractivity (Wildman–Crippen MR) is 97.4 cm³/mol. The van der Waals surface area contributed by atoms with Crippen LogP contribution in [0.5, 0.6) is 0 Å². The van der Waals surface area contributed by atoms with E-state index in [-0.39, 0.29) is 12.4 Å². The minimum absolute atomic E-state index is 0.167. The molecule has 0 aliphatic carbocycles. The Labute approximate surface area is 157 Å². The lowest BCUT2D eigenvalue weighted by Crippen LogP contribution is -2.43. The third-order valence-electron chi connectivity index (χ3n) is 3.53. The van der Waals surface area contributed by atoms with E-state index in [1.54, 1.807) is 37.3 Å². The molecule has 8 nitrogen and oxygen atoms in total. The first-order valence-corrected chi connectivity index (χ1v) is 9.83. The fourth-order valence-corrected chi connectivity index (χ4v) is 3.67. The second kappa shape index (κ2) is 9.13. The number of nitrogens with zero attached hydrogens (tertiary/aromatic N) is 1. The molecular formula is C18H19NO7S. The molecule has 1 aliphatic heterocycles. The molecule has 1 aromatic rings. The molecule has 9 heteroatoms. The van der Waals surface area contributed by atoms with Gasteiger partial charge in [0, 0.05) is 23.2 Å². The van der Waals surface area contributed by atoms with Gasteiger partial charge in [-0.1, -0.05) is 18.2 Å². The van der Waals surface area contributed by atoms with Crippen molar-refractivity contribution < 1.29 is 32.3 Å². The Hall–Kier alpha value is -2.94. The number of carbonyl (C=O) groups excluding carboxylic acids is 3. The quantitative estimate of drug-likeness (QED) is 0.502. The van der Waals surface area contributed by atoms with Crippen LogP contribution < -0.4 is 4.90 Å². The zero-order chi connectivity index (χ0) is 19.9. The van der Waals surface area contributed by atoms with E-state index in [1.165, 1.54) is 11.0 Å². The van der Waals surface area contributed by atoms with Crippen LogP contribution in [-0.2, 0) is 33.7 Å². The number of anilines is 1. The van der Waals surface area contributed by atoms with E-state index < -0.39 is 40.3 Å². The summed E-state index contributed by atoms with van der Waals surface area (Å²) in [7, 11) is -3.38. The third kappa shape index (κ3) is 6.07. The topological polar surface area (TPSA) is 107 Å². The number of hydrogen-bond acceptors (Lipinski definition) is 7. The van der Waals surface area contributed by atoms with Crippen LogP contribution in [0.3, 0.4) is 0 Å². The largest absolute Gasteiger partial charge is 0.463 e. The highest BCUT2D eigenvalue weighted by Gasteiger charge is 2.31. The molecule has 1 aromatic carbocycles. The average molecular weight is 393 g/mol.